The third-order valence-electron chi connectivity index (χ3n) is 12.8. The number of carbonyl (C=O) groups excluding carboxylic acids is 1. The predicted octanol–water partition coefficient (Wildman–Crippen LogP) is 10.5. The average molecular weight is 858 g/mol. The van der Waals surface area contributed by atoms with Gasteiger partial charge in [0.15, 0.2) is 6.29 Å². The fraction of sp³-hybridized carbons (Fsp3) is 0.980. The zero-order chi connectivity index (χ0) is 43.9. The summed E-state index contributed by atoms with van der Waals surface area (Å²) in [5.74, 6) is -0.252. The minimum atomic E-state index is -1.60. The van der Waals surface area contributed by atoms with E-state index in [1.54, 1.807) is 0 Å². The van der Waals surface area contributed by atoms with Crippen LogP contribution >= 0.6 is 0 Å². The van der Waals surface area contributed by atoms with Crippen molar-refractivity contribution in [3.8, 4) is 0 Å². The van der Waals surface area contributed by atoms with Crippen molar-refractivity contribution in [2.24, 2.45) is 0 Å². The standard InChI is InChI=1S/C50H99NO9/c1-3-5-7-9-11-13-15-17-18-19-20-21-22-23-24-25-26-27-29-31-33-35-37-39-45(54)51-42(41-59-50-49(58)48(57)47(56)44(40-52)60-50)46(55)43(53)38-36-34-32-30-28-16-14-12-10-8-6-4-2/h42-44,46-50,52-53,55-58H,3-41H2,1-2H3,(H,51,54)/t42-,43-,44+,46+,47-,48-,49+,50-/m0/s1. The van der Waals surface area contributed by atoms with Crippen LogP contribution in [0.2, 0.25) is 0 Å². The Bertz CT molecular complexity index is 926. The number of carbonyl (C=O) groups is 1. The lowest BCUT2D eigenvalue weighted by Gasteiger charge is -2.40. The highest BCUT2D eigenvalue weighted by Crippen LogP contribution is 2.23. The molecule has 0 saturated carbocycles. The van der Waals surface area contributed by atoms with Gasteiger partial charge in [0.1, 0.15) is 30.5 Å². The Morgan fingerprint density at radius 1 is 0.517 bits per heavy atom. The molecule has 0 bridgehead atoms. The summed E-state index contributed by atoms with van der Waals surface area (Å²) in [6.45, 7) is 3.63. The van der Waals surface area contributed by atoms with Crippen LogP contribution in [0.25, 0.3) is 0 Å². The monoisotopic (exact) mass is 858 g/mol. The topological polar surface area (TPSA) is 169 Å². The quantitative estimate of drug-likeness (QED) is 0.0295. The van der Waals surface area contributed by atoms with Gasteiger partial charge in [0.25, 0.3) is 0 Å². The Morgan fingerprint density at radius 3 is 1.23 bits per heavy atom. The number of aliphatic hydroxyl groups is 6. The van der Waals surface area contributed by atoms with Crippen molar-refractivity contribution in [3.05, 3.63) is 0 Å². The molecule has 1 aliphatic heterocycles. The van der Waals surface area contributed by atoms with E-state index in [1.165, 1.54) is 186 Å². The summed E-state index contributed by atoms with van der Waals surface area (Å²) in [7, 11) is 0. The SMILES string of the molecule is CCCCCCCCCCCCCCCCCCCCCCCCCC(=O)N[C@@H](CO[C@H]1O[C@H](CO)[C@H](O)[C@H](O)[C@H]1O)[C@@H](O)[C@@H](O)CCCCCCCCCCCCCC. The average Bonchev–Trinajstić information content (AvgIpc) is 3.25. The van der Waals surface area contributed by atoms with Crippen LogP contribution in [-0.4, -0.2) is 98.7 Å². The summed E-state index contributed by atoms with van der Waals surface area (Å²) in [6, 6.07) is -0.985. The first-order valence-electron chi connectivity index (χ1n) is 25.8. The molecule has 0 radical (unpaired) electrons. The largest absolute Gasteiger partial charge is 0.394 e. The van der Waals surface area contributed by atoms with Gasteiger partial charge in [0.2, 0.25) is 5.91 Å². The predicted molar refractivity (Wildman–Crippen MR) is 246 cm³/mol. The van der Waals surface area contributed by atoms with Crippen LogP contribution < -0.4 is 5.32 Å². The summed E-state index contributed by atoms with van der Waals surface area (Å²) in [5, 5.41) is 65.3. The second-order valence-corrected chi connectivity index (χ2v) is 18.5. The Morgan fingerprint density at radius 2 is 0.867 bits per heavy atom. The first-order chi connectivity index (χ1) is 29.3. The molecule has 1 fully saturated rings. The molecule has 7 N–H and O–H groups in total. The molecule has 1 aliphatic rings. The van der Waals surface area contributed by atoms with E-state index in [-0.39, 0.29) is 18.9 Å². The van der Waals surface area contributed by atoms with Crippen molar-refractivity contribution in [1.29, 1.82) is 0 Å². The lowest BCUT2D eigenvalue weighted by Crippen LogP contribution is -2.60. The molecule has 1 amide bonds. The van der Waals surface area contributed by atoms with E-state index in [1.807, 2.05) is 0 Å². The van der Waals surface area contributed by atoms with Gasteiger partial charge < -0.3 is 45.4 Å². The Hall–Kier alpha value is -0.850. The smallest absolute Gasteiger partial charge is 0.220 e. The van der Waals surface area contributed by atoms with E-state index in [0.717, 1.165) is 38.5 Å². The van der Waals surface area contributed by atoms with Gasteiger partial charge in [-0.2, -0.15) is 0 Å². The van der Waals surface area contributed by atoms with Crippen LogP contribution in [0.15, 0.2) is 0 Å². The molecule has 0 aromatic carbocycles. The summed E-state index contributed by atoms with van der Waals surface area (Å²) in [5.41, 5.74) is 0. The fourth-order valence-electron chi connectivity index (χ4n) is 8.61. The van der Waals surface area contributed by atoms with Crippen molar-refractivity contribution in [3.63, 3.8) is 0 Å². The van der Waals surface area contributed by atoms with Crippen LogP contribution in [0.3, 0.4) is 0 Å². The molecule has 10 heteroatoms. The second kappa shape index (κ2) is 40.9. The van der Waals surface area contributed by atoms with Gasteiger partial charge in [-0.15, -0.1) is 0 Å². The van der Waals surface area contributed by atoms with E-state index in [0.29, 0.717) is 6.42 Å². The van der Waals surface area contributed by atoms with E-state index in [4.69, 9.17) is 9.47 Å². The van der Waals surface area contributed by atoms with Crippen LogP contribution in [0.1, 0.15) is 251 Å². The number of hydrogen-bond acceptors (Lipinski definition) is 9. The van der Waals surface area contributed by atoms with Gasteiger partial charge in [0.05, 0.1) is 25.4 Å². The first-order valence-corrected chi connectivity index (χ1v) is 25.8. The molecule has 1 rings (SSSR count). The summed E-state index contributed by atoms with van der Waals surface area (Å²) in [6.07, 6.45) is 35.5. The van der Waals surface area contributed by atoms with Gasteiger partial charge in [-0.05, 0) is 12.8 Å². The van der Waals surface area contributed by atoms with Gasteiger partial charge >= 0.3 is 0 Å². The minimum Gasteiger partial charge on any atom is -0.394 e. The van der Waals surface area contributed by atoms with Gasteiger partial charge in [-0.1, -0.05) is 232 Å². The number of amides is 1. The van der Waals surface area contributed by atoms with Crippen LogP contribution in [0.5, 0.6) is 0 Å². The van der Waals surface area contributed by atoms with Crippen molar-refractivity contribution in [1.82, 2.24) is 5.32 Å². The van der Waals surface area contributed by atoms with Gasteiger partial charge in [-0.25, -0.2) is 0 Å². The van der Waals surface area contributed by atoms with Crippen LogP contribution in [0.4, 0.5) is 0 Å². The fourth-order valence-corrected chi connectivity index (χ4v) is 8.61. The Labute approximate surface area is 368 Å². The molecule has 8 atom stereocenters. The van der Waals surface area contributed by atoms with E-state index in [2.05, 4.69) is 19.2 Å². The second-order valence-electron chi connectivity index (χ2n) is 18.5. The van der Waals surface area contributed by atoms with Crippen LogP contribution in [-0.2, 0) is 14.3 Å². The molecule has 0 aliphatic carbocycles. The molecule has 10 nitrogen and oxygen atoms in total. The van der Waals surface area contributed by atoms with E-state index in [9.17, 15) is 35.4 Å². The number of hydrogen-bond donors (Lipinski definition) is 7. The van der Waals surface area contributed by atoms with Crippen molar-refractivity contribution in [2.75, 3.05) is 13.2 Å². The Balaban J connectivity index is 2.26. The minimum absolute atomic E-state index is 0.252. The normalized spacial score (nSPS) is 21.0. The molecule has 1 heterocycles. The van der Waals surface area contributed by atoms with Crippen LogP contribution in [0, 0.1) is 0 Å². The highest BCUT2D eigenvalue weighted by Gasteiger charge is 2.44. The number of nitrogens with one attached hydrogen (secondary N) is 1. The molecule has 1 saturated heterocycles. The summed E-state index contributed by atoms with van der Waals surface area (Å²) in [4.78, 5) is 13.0. The van der Waals surface area contributed by atoms with Crippen molar-refractivity contribution >= 4 is 5.91 Å². The summed E-state index contributed by atoms with van der Waals surface area (Å²) >= 11 is 0. The van der Waals surface area contributed by atoms with Gasteiger partial charge in [0, 0.05) is 6.42 Å². The molecule has 0 unspecified atom stereocenters. The highest BCUT2D eigenvalue weighted by atomic mass is 16.7. The number of rotatable bonds is 44. The maximum absolute atomic E-state index is 13.0. The molecule has 0 aromatic heterocycles. The van der Waals surface area contributed by atoms with E-state index < -0.39 is 55.6 Å². The number of ether oxygens (including phenoxy) is 2. The molecular weight excluding hydrogens is 759 g/mol. The molecule has 0 aromatic rings. The molecular formula is C50H99NO9. The zero-order valence-corrected chi connectivity index (χ0v) is 39.1. The lowest BCUT2D eigenvalue weighted by atomic mass is 9.98. The third-order valence-corrected chi connectivity index (χ3v) is 12.8. The Kier molecular flexibility index (Phi) is 39.0. The summed E-state index contributed by atoms with van der Waals surface area (Å²) < 4.78 is 11.2. The molecule has 0 spiro atoms. The highest BCUT2D eigenvalue weighted by molar-refractivity contribution is 5.76. The molecule has 358 valence electrons. The third kappa shape index (κ3) is 30.3. The van der Waals surface area contributed by atoms with E-state index >= 15 is 0 Å². The van der Waals surface area contributed by atoms with Gasteiger partial charge in [-0.3, -0.25) is 4.79 Å². The molecule has 60 heavy (non-hydrogen) atoms. The van der Waals surface area contributed by atoms with Crippen molar-refractivity contribution in [2.45, 2.75) is 300 Å². The first kappa shape index (κ1) is 57.2. The zero-order valence-electron chi connectivity index (χ0n) is 39.1. The van der Waals surface area contributed by atoms with Crippen molar-refractivity contribution < 1.29 is 44.9 Å². The maximum Gasteiger partial charge on any atom is 0.220 e. The number of unbranched alkanes of at least 4 members (excludes halogenated alkanes) is 33. The lowest BCUT2D eigenvalue weighted by molar-refractivity contribution is -0.303. The maximum atomic E-state index is 13.0. The number of aliphatic hydroxyl groups excluding tert-OH is 6.